The van der Waals surface area contributed by atoms with Crippen molar-refractivity contribution in [2.75, 3.05) is 13.1 Å². The van der Waals surface area contributed by atoms with E-state index in [-0.39, 0.29) is 12.4 Å². The van der Waals surface area contributed by atoms with Crippen LogP contribution in [0.15, 0.2) is 48.8 Å². The van der Waals surface area contributed by atoms with Gasteiger partial charge in [0.05, 0.1) is 12.2 Å². The molecule has 4 rings (SSSR count). The van der Waals surface area contributed by atoms with Crippen molar-refractivity contribution in [1.29, 1.82) is 0 Å². The minimum atomic E-state index is -0.287. The van der Waals surface area contributed by atoms with Gasteiger partial charge in [-0.3, -0.25) is 9.88 Å². The number of hydrogen-bond donors (Lipinski definition) is 0. The molecule has 1 fully saturated rings. The number of pyridine rings is 1. The maximum atomic E-state index is 13.0. The third kappa shape index (κ3) is 3.88. The van der Waals surface area contributed by atoms with Gasteiger partial charge in [0, 0.05) is 12.4 Å². The van der Waals surface area contributed by atoms with Crippen LogP contribution in [0.4, 0.5) is 4.39 Å². The van der Waals surface area contributed by atoms with Crippen LogP contribution >= 0.6 is 0 Å². The average molecular weight is 353 g/mol. The number of ether oxygens (including phenoxy) is 1. The highest BCUT2D eigenvalue weighted by molar-refractivity contribution is 5.29. The van der Waals surface area contributed by atoms with Crippen molar-refractivity contribution in [2.24, 2.45) is 0 Å². The van der Waals surface area contributed by atoms with Crippen molar-refractivity contribution in [1.82, 2.24) is 24.6 Å². The molecule has 3 aromatic rings. The number of hydrogen-bond acceptors (Lipinski definition) is 5. The van der Waals surface area contributed by atoms with E-state index in [0.717, 1.165) is 31.1 Å². The Hall–Kier alpha value is -2.80. The standard InChI is InChI=1S/C19H20FN5O/c20-15-3-5-17(6-4-15)26-14-18-22-19(13-24-11-1-2-12-24)25(23-18)16-7-9-21-10-8-16/h3-10H,1-2,11-14H2. The zero-order chi connectivity index (χ0) is 17.8. The van der Waals surface area contributed by atoms with E-state index in [1.54, 1.807) is 24.5 Å². The zero-order valence-electron chi connectivity index (χ0n) is 14.4. The molecule has 0 bridgehead atoms. The van der Waals surface area contributed by atoms with E-state index in [1.807, 2.05) is 16.8 Å². The summed E-state index contributed by atoms with van der Waals surface area (Å²) in [4.78, 5) is 11.1. The summed E-state index contributed by atoms with van der Waals surface area (Å²) in [6, 6.07) is 9.76. The van der Waals surface area contributed by atoms with Gasteiger partial charge in [0.25, 0.3) is 0 Å². The molecule has 2 aromatic heterocycles. The third-order valence-corrected chi connectivity index (χ3v) is 4.37. The maximum absolute atomic E-state index is 13.0. The first kappa shape index (κ1) is 16.7. The predicted molar refractivity (Wildman–Crippen MR) is 94.4 cm³/mol. The van der Waals surface area contributed by atoms with E-state index >= 15 is 0 Å². The molecule has 134 valence electrons. The van der Waals surface area contributed by atoms with Gasteiger partial charge >= 0.3 is 0 Å². The topological polar surface area (TPSA) is 56.1 Å². The van der Waals surface area contributed by atoms with E-state index in [0.29, 0.717) is 11.6 Å². The maximum Gasteiger partial charge on any atom is 0.188 e. The van der Waals surface area contributed by atoms with Crippen molar-refractivity contribution in [3.8, 4) is 11.4 Å². The average Bonchev–Trinajstić information content (AvgIpc) is 3.32. The summed E-state index contributed by atoms with van der Waals surface area (Å²) in [6.45, 7) is 3.16. The second-order valence-corrected chi connectivity index (χ2v) is 6.29. The second kappa shape index (κ2) is 7.61. The lowest BCUT2D eigenvalue weighted by molar-refractivity contribution is 0.295. The van der Waals surface area contributed by atoms with Crippen LogP contribution in [-0.2, 0) is 13.2 Å². The Morgan fingerprint density at radius 1 is 1.00 bits per heavy atom. The highest BCUT2D eigenvalue weighted by atomic mass is 19.1. The van der Waals surface area contributed by atoms with E-state index in [9.17, 15) is 4.39 Å². The summed E-state index contributed by atoms with van der Waals surface area (Å²) in [5, 5.41) is 4.61. The highest BCUT2D eigenvalue weighted by Crippen LogP contribution is 2.17. The van der Waals surface area contributed by atoms with Crippen molar-refractivity contribution in [3.63, 3.8) is 0 Å². The van der Waals surface area contributed by atoms with Crippen molar-refractivity contribution >= 4 is 0 Å². The van der Waals surface area contributed by atoms with Crippen LogP contribution in [-0.4, -0.2) is 37.7 Å². The van der Waals surface area contributed by atoms with E-state index in [1.165, 1.54) is 25.0 Å². The van der Waals surface area contributed by atoms with Crippen LogP contribution in [0.3, 0.4) is 0 Å². The fourth-order valence-electron chi connectivity index (χ4n) is 3.07. The number of rotatable bonds is 6. The fraction of sp³-hybridized carbons (Fsp3) is 0.316. The van der Waals surface area contributed by atoms with Crippen molar-refractivity contribution < 1.29 is 9.13 Å². The Balaban J connectivity index is 1.54. The quantitative estimate of drug-likeness (QED) is 0.682. The molecule has 3 heterocycles. The summed E-state index contributed by atoms with van der Waals surface area (Å²) >= 11 is 0. The molecule has 0 unspecified atom stereocenters. The van der Waals surface area contributed by atoms with Crippen LogP contribution in [0, 0.1) is 5.82 Å². The predicted octanol–water partition coefficient (Wildman–Crippen LogP) is 2.98. The first-order valence-electron chi connectivity index (χ1n) is 8.74. The summed E-state index contributed by atoms with van der Waals surface area (Å²) in [7, 11) is 0. The van der Waals surface area contributed by atoms with Gasteiger partial charge < -0.3 is 4.74 Å². The largest absolute Gasteiger partial charge is 0.486 e. The molecule has 0 atom stereocenters. The van der Waals surface area contributed by atoms with Gasteiger partial charge in [-0.05, 0) is 62.3 Å². The van der Waals surface area contributed by atoms with Gasteiger partial charge in [-0.1, -0.05) is 0 Å². The Morgan fingerprint density at radius 3 is 2.46 bits per heavy atom. The Bertz CT molecular complexity index is 844. The molecule has 1 aromatic carbocycles. The third-order valence-electron chi connectivity index (χ3n) is 4.37. The number of nitrogens with zero attached hydrogens (tertiary/aromatic N) is 5. The van der Waals surface area contributed by atoms with Gasteiger partial charge in [-0.25, -0.2) is 14.1 Å². The lowest BCUT2D eigenvalue weighted by Gasteiger charge is -2.14. The fourth-order valence-corrected chi connectivity index (χ4v) is 3.07. The van der Waals surface area contributed by atoms with Crippen LogP contribution in [0.5, 0.6) is 5.75 Å². The second-order valence-electron chi connectivity index (χ2n) is 6.29. The van der Waals surface area contributed by atoms with Gasteiger partial charge in [0.2, 0.25) is 0 Å². The lowest BCUT2D eigenvalue weighted by atomic mass is 10.3. The Labute approximate surface area is 151 Å². The summed E-state index contributed by atoms with van der Waals surface area (Å²) in [6.07, 6.45) is 5.94. The molecule has 7 heteroatoms. The van der Waals surface area contributed by atoms with Gasteiger partial charge in [-0.2, -0.15) is 0 Å². The zero-order valence-corrected chi connectivity index (χ0v) is 14.4. The smallest absolute Gasteiger partial charge is 0.188 e. The minimum Gasteiger partial charge on any atom is -0.486 e. The molecular weight excluding hydrogens is 333 g/mol. The van der Waals surface area contributed by atoms with Crippen molar-refractivity contribution in [3.05, 3.63) is 66.3 Å². The van der Waals surface area contributed by atoms with Gasteiger partial charge in [0.15, 0.2) is 5.82 Å². The summed E-state index contributed by atoms with van der Waals surface area (Å²) in [5.41, 5.74) is 0.926. The Kier molecular flexibility index (Phi) is 4.88. The molecule has 1 aliphatic rings. The van der Waals surface area contributed by atoms with E-state index < -0.39 is 0 Å². The first-order valence-corrected chi connectivity index (χ1v) is 8.74. The number of benzene rings is 1. The summed E-state index contributed by atoms with van der Waals surface area (Å²) in [5.74, 6) is 1.79. The first-order chi connectivity index (χ1) is 12.8. The molecule has 0 saturated carbocycles. The number of likely N-dealkylation sites (tertiary alicyclic amines) is 1. The molecule has 1 saturated heterocycles. The van der Waals surface area contributed by atoms with Crippen LogP contribution in [0.2, 0.25) is 0 Å². The van der Waals surface area contributed by atoms with Crippen LogP contribution in [0.1, 0.15) is 24.5 Å². The van der Waals surface area contributed by atoms with Crippen LogP contribution < -0.4 is 4.74 Å². The van der Waals surface area contributed by atoms with E-state index in [2.05, 4.69) is 20.0 Å². The number of aromatic nitrogens is 4. The van der Waals surface area contributed by atoms with Gasteiger partial charge in [-0.15, -0.1) is 5.10 Å². The molecule has 6 nitrogen and oxygen atoms in total. The van der Waals surface area contributed by atoms with E-state index in [4.69, 9.17) is 4.74 Å². The molecule has 0 amide bonds. The number of halogens is 1. The summed E-state index contributed by atoms with van der Waals surface area (Å²) < 4.78 is 20.5. The lowest BCUT2D eigenvalue weighted by Crippen LogP contribution is -2.21. The molecule has 0 aliphatic carbocycles. The molecule has 0 radical (unpaired) electrons. The van der Waals surface area contributed by atoms with Crippen LogP contribution in [0.25, 0.3) is 5.69 Å². The Morgan fingerprint density at radius 2 is 1.73 bits per heavy atom. The SMILES string of the molecule is Fc1ccc(OCc2nc(CN3CCCC3)n(-c3ccncc3)n2)cc1. The minimum absolute atomic E-state index is 0.233. The monoisotopic (exact) mass is 353 g/mol. The van der Waals surface area contributed by atoms with Crippen molar-refractivity contribution in [2.45, 2.75) is 26.0 Å². The normalized spacial score (nSPS) is 14.7. The highest BCUT2D eigenvalue weighted by Gasteiger charge is 2.18. The van der Waals surface area contributed by atoms with Gasteiger partial charge in [0.1, 0.15) is 24.0 Å². The molecular formula is C19H20FN5O. The molecule has 0 N–H and O–H groups in total. The molecule has 1 aliphatic heterocycles. The molecule has 0 spiro atoms. The molecule has 26 heavy (non-hydrogen) atoms.